The van der Waals surface area contributed by atoms with E-state index in [-0.39, 0.29) is 36.3 Å². The number of carboxylic acids is 1. The van der Waals surface area contributed by atoms with Crippen molar-refractivity contribution in [2.75, 3.05) is 25.2 Å². The van der Waals surface area contributed by atoms with Gasteiger partial charge in [0.2, 0.25) is 0 Å². The Balaban J connectivity index is 1.60. The minimum absolute atomic E-state index is 0.0365. The summed E-state index contributed by atoms with van der Waals surface area (Å²) >= 11 is 0. The lowest BCUT2D eigenvalue weighted by Crippen LogP contribution is -2.42. The number of carbonyl (C=O) groups excluding carboxylic acids is 1. The molecule has 9 heteroatoms. The highest BCUT2D eigenvalue weighted by molar-refractivity contribution is 5.95. The zero-order valence-electron chi connectivity index (χ0n) is 21.4. The molecule has 36 heavy (non-hydrogen) atoms. The summed E-state index contributed by atoms with van der Waals surface area (Å²) in [6.45, 7) is 5.48. The lowest BCUT2D eigenvalue weighted by atomic mass is 9.85. The van der Waals surface area contributed by atoms with Crippen LogP contribution in [0.15, 0.2) is 12.1 Å². The second-order valence-corrected chi connectivity index (χ2v) is 10.4. The van der Waals surface area contributed by atoms with Gasteiger partial charge in [0.15, 0.2) is 0 Å². The van der Waals surface area contributed by atoms with Crippen molar-refractivity contribution in [1.29, 1.82) is 0 Å². The first-order chi connectivity index (χ1) is 17.4. The number of anilines is 1. The number of methoxy groups -OCH3 is 1. The summed E-state index contributed by atoms with van der Waals surface area (Å²) in [6, 6.07) is 4.10. The molecule has 9 nitrogen and oxygen atoms in total. The van der Waals surface area contributed by atoms with E-state index < -0.39 is 5.97 Å². The van der Waals surface area contributed by atoms with Gasteiger partial charge in [-0.15, -0.1) is 0 Å². The molecular weight excluding hydrogens is 462 g/mol. The van der Waals surface area contributed by atoms with Gasteiger partial charge in [-0.25, -0.2) is 9.78 Å². The summed E-state index contributed by atoms with van der Waals surface area (Å²) in [5.74, 6) is -0.240. The number of hydrogen-bond acceptors (Lipinski definition) is 6. The third kappa shape index (κ3) is 4.59. The van der Waals surface area contributed by atoms with Gasteiger partial charge in [0.1, 0.15) is 11.9 Å². The topological polar surface area (TPSA) is 103 Å². The fourth-order valence-electron chi connectivity index (χ4n) is 6.25. The number of fused-ring (bicyclic) bond motifs is 3. The maximum absolute atomic E-state index is 12.6. The number of imidazole rings is 1. The number of benzene rings is 1. The quantitative estimate of drug-likeness (QED) is 0.616. The van der Waals surface area contributed by atoms with Crippen molar-refractivity contribution < 1.29 is 28.9 Å². The van der Waals surface area contributed by atoms with Crippen LogP contribution >= 0.6 is 0 Å². The van der Waals surface area contributed by atoms with E-state index in [2.05, 4.69) is 4.57 Å². The Hall–Kier alpha value is -2.65. The number of nitrogens with zero attached hydrogens (tertiary/aromatic N) is 3. The Morgan fingerprint density at radius 3 is 2.67 bits per heavy atom. The highest BCUT2D eigenvalue weighted by atomic mass is 16.5. The van der Waals surface area contributed by atoms with Gasteiger partial charge in [-0.3, -0.25) is 9.69 Å². The average Bonchev–Trinajstić information content (AvgIpc) is 3.29. The molecule has 2 aliphatic heterocycles. The molecule has 1 aromatic carbocycles. The number of aryl methyl sites for hydroxylation is 1. The second-order valence-electron chi connectivity index (χ2n) is 10.4. The average molecular weight is 500 g/mol. The normalized spacial score (nSPS) is 26.0. The number of ether oxygens (including phenoxy) is 3. The number of aliphatic carboxylic acids is 1. The zero-order valence-corrected chi connectivity index (χ0v) is 21.4. The molecule has 3 aliphatic rings. The van der Waals surface area contributed by atoms with Gasteiger partial charge in [0, 0.05) is 30.9 Å². The van der Waals surface area contributed by atoms with E-state index in [9.17, 15) is 14.7 Å². The fraction of sp³-hybridized carbons (Fsp3) is 0.667. The largest absolute Gasteiger partial charge is 0.481 e. The first kappa shape index (κ1) is 25.0. The molecule has 196 valence electrons. The molecule has 1 aliphatic carbocycles. The van der Waals surface area contributed by atoms with Crippen molar-refractivity contribution in [3.8, 4) is 0 Å². The van der Waals surface area contributed by atoms with Crippen LogP contribution in [-0.2, 0) is 25.4 Å². The maximum Gasteiger partial charge on any atom is 0.414 e. The molecule has 4 atom stereocenters. The van der Waals surface area contributed by atoms with E-state index in [1.165, 1.54) is 7.11 Å². The van der Waals surface area contributed by atoms with Crippen LogP contribution in [0.25, 0.3) is 11.0 Å². The Bertz CT molecular complexity index is 1120. The lowest BCUT2D eigenvalue weighted by Gasteiger charge is -2.34. The smallest absolute Gasteiger partial charge is 0.414 e. The number of aromatic nitrogens is 2. The van der Waals surface area contributed by atoms with Gasteiger partial charge >= 0.3 is 12.1 Å². The first-order valence-electron chi connectivity index (χ1n) is 13.3. The highest BCUT2D eigenvalue weighted by Crippen LogP contribution is 2.42. The van der Waals surface area contributed by atoms with Crippen LogP contribution in [0.4, 0.5) is 10.5 Å². The summed E-state index contributed by atoms with van der Waals surface area (Å²) in [7, 11) is 1.41. The Kier molecular flexibility index (Phi) is 7.21. The van der Waals surface area contributed by atoms with Crippen molar-refractivity contribution in [3.63, 3.8) is 0 Å². The van der Waals surface area contributed by atoms with Gasteiger partial charge < -0.3 is 23.9 Å². The van der Waals surface area contributed by atoms with Crippen molar-refractivity contribution >= 4 is 28.8 Å². The number of carbonyl (C=O) groups is 2. The third-order valence-corrected chi connectivity index (χ3v) is 8.14. The summed E-state index contributed by atoms with van der Waals surface area (Å²) in [4.78, 5) is 31.4. The second kappa shape index (κ2) is 10.4. The molecule has 1 amide bonds. The lowest BCUT2D eigenvalue weighted by molar-refractivity contribution is -0.143. The number of hydrogen-bond donors (Lipinski definition) is 1. The molecule has 2 aromatic rings. The van der Waals surface area contributed by atoms with Gasteiger partial charge in [-0.05, 0) is 70.9 Å². The summed E-state index contributed by atoms with van der Waals surface area (Å²) < 4.78 is 19.3. The highest BCUT2D eigenvalue weighted by Gasteiger charge is 2.35. The molecule has 1 saturated heterocycles. The van der Waals surface area contributed by atoms with Gasteiger partial charge in [0.25, 0.3) is 0 Å². The standard InChI is InChI=1S/C27H37N3O6/c1-16-7-8-21-22(29(16)27(33)34-3)9-10-23-24(21)28-25(17(2)36-20-11-13-35-14-12-20)30(23)19-6-4-5-18(15-19)26(31)32/h9-10,16-20H,4-8,11-15H2,1-3H3,(H,31,32)/t16-,17?,18+,19+/m0/s1. The molecule has 1 N–H and O–H groups in total. The molecule has 1 saturated carbocycles. The predicted molar refractivity (Wildman–Crippen MR) is 134 cm³/mol. The molecule has 3 heterocycles. The monoisotopic (exact) mass is 499 g/mol. The molecular formula is C27H37N3O6. The fourth-order valence-corrected chi connectivity index (χ4v) is 6.25. The van der Waals surface area contributed by atoms with Crippen LogP contribution in [0.3, 0.4) is 0 Å². The molecule has 1 unspecified atom stereocenters. The van der Waals surface area contributed by atoms with E-state index in [0.29, 0.717) is 26.1 Å². The molecule has 2 fully saturated rings. The van der Waals surface area contributed by atoms with Crippen LogP contribution in [-0.4, -0.2) is 59.2 Å². The van der Waals surface area contributed by atoms with Crippen LogP contribution in [0, 0.1) is 5.92 Å². The summed E-state index contributed by atoms with van der Waals surface area (Å²) in [5.41, 5.74) is 3.75. The van der Waals surface area contributed by atoms with Gasteiger partial charge in [-0.2, -0.15) is 0 Å². The van der Waals surface area contributed by atoms with E-state index in [1.807, 2.05) is 26.0 Å². The van der Waals surface area contributed by atoms with Crippen LogP contribution in [0.2, 0.25) is 0 Å². The van der Waals surface area contributed by atoms with Crippen LogP contribution in [0.1, 0.15) is 82.3 Å². The van der Waals surface area contributed by atoms with Crippen molar-refractivity contribution in [1.82, 2.24) is 9.55 Å². The van der Waals surface area contributed by atoms with Crippen LogP contribution in [0.5, 0.6) is 0 Å². The van der Waals surface area contributed by atoms with Crippen LogP contribution < -0.4 is 4.90 Å². The van der Waals surface area contributed by atoms with Crippen molar-refractivity contribution in [2.24, 2.45) is 5.92 Å². The minimum atomic E-state index is -0.725. The molecule has 1 aromatic heterocycles. The molecule has 5 rings (SSSR count). The summed E-state index contributed by atoms with van der Waals surface area (Å²) in [6.07, 6.45) is 5.93. The van der Waals surface area contributed by atoms with E-state index >= 15 is 0 Å². The molecule has 0 spiro atoms. The molecule has 0 bridgehead atoms. The minimum Gasteiger partial charge on any atom is -0.481 e. The zero-order chi connectivity index (χ0) is 25.4. The van der Waals surface area contributed by atoms with E-state index in [0.717, 1.165) is 66.6 Å². The van der Waals surface area contributed by atoms with E-state index in [4.69, 9.17) is 19.2 Å². The molecule has 0 radical (unpaired) electrons. The predicted octanol–water partition coefficient (Wildman–Crippen LogP) is 5.02. The Morgan fingerprint density at radius 1 is 1.17 bits per heavy atom. The Morgan fingerprint density at radius 2 is 1.94 bits per heavy atom. The van der Waals surface area contributed by atoms with Crippen molar-refractivity contribution in [2.45, 2.75) is 89.5 Å². The SMILES string of the molecule is COC(=O)N1c2ccc3c(nc(C(C)OC4CCOCC4)n3[C@@H]3CCC[C@@H](C(=O)O)C3)c2CC[C@@H]1C. The number of carboxylic acid groups (broad SMARTS) is 1. The van der Waals surface area contributed by atoms with Gasteiger partial charge in [-0.1, -0.05) is 6.42 Å². The van der Waals surface area contributed by atoms with E-state index in [1.54, 1.807) is 4.90 Å². The number of amides is 1. The maximum atomic E-state index is 12.6. The first-order valence-corrected chi connectivity index (χ1v) is 13.3. The summed E-state index contributed by atoms with van der Waals surface area (Å²) in [5, 5.41) is 9.74. The van der Waals surface area contributed by atoms with Gasteiger partial charge in [0.05, 0.1) is 35.9 Å². The van der Waals surface area contributed by atoms with Crippen molar-refractivity contribution in [3.05, 3.63) is 23.5 Å². The third-order valence-electron chi connectivity index (χ3n) is 8.14. The number of rotatable bonds is 5. The Labute approximate surface area is 211 Å².